The Bertz CT molecular complexity index is 609. The minimum atomic E-state index is -0.197. The van der Waals surface area contributed by atoms with Crippen LogP contribution in [0.25, 0.3) is 0 Å². The Balaban J connectivity index is 2.32. The Hall–Kier alpha value is -2.01. The second-order valence-corrected chi connectivity index (χ2v) is 4.68. The van der Waals surface area contributed by atoms with Gasteiger partial charge in [0, 0.05) is 6.54 Å². The summed E-state index contributed by atoms with van der Waals surface area (Å²) in [7, 11) is 0. The Morgan fingerprint density at radius 3 is 2.90 bits per heavy atom. The number of aromatic nitrogens is 2. The fourth-order valence-corrected chi connectivity index (χ4v) is 2.18. The summed E-state index contributed by atoms with van der Waals surface area (Å²) in [4.78, 5) is 11.9. The van der Waals surface area contributed by atoms with Crippen LogP contribution in [0, 0.1) is 0 Å². The molecule has 0 bridgehead atoms. The fraction of sp³-hybridized carbons (Fsp3) is 0.286. The lowest BCUT2D eigenvalue weighted by molar-refractivity contribution is 0.0951. The van der Waals surface area contributed by atoms with E-state index in [9.17, 15) is 4.79 Å². The molecule has 0 fully saturated rings. The number of rotatable bonds is 5. The molecule has 0 spiro atoms. The first-order valence-corrected chi connectivity index (χ1v) is 6.91. The molecule has 1 heterocycles. The molecule has 6 heteroatoms. The molecule has 0 unspecified atom stereocenters. The van der Waals surface area contributed by atoms with Crippen LogP contribution in [0.15, 0.2) is 24.4 Å². The maximum atomic E-state index is 11.9. The van der Waals surface area contributed by atoms with E-state index >= 15 is 0 Å². The monoisotopic (exact) mass is 292 g/mol. The molecule has 20 heavy (non-hydrogen) atoms. The van der Waals surface area contributed by atoms with Crippen LogP contribution in [0.2, 0.25) is 5.02 Å². The van der Waals surface area contributed by atoms with Gasteiger partial charge >= 0.3 is 0 Å². The summed E-state index contributed by atoms with van der Waals surface area (Å²) >= 11 is 6.22. The highest BCUT2D eigenvalue weighted by molar-refractivity contribution is 6.33. The number of halogens is 1. The number of anilines is 2. The third-order valence-corrected chi connectivity index (χ3v) is 3.26. The molecule has 0 radical (unpaired) electrons. The maximum absolute atomic E-state index is 11.9. The second kappa shape index (κ2) is 6.43. The number of carbonyl (C=O) groups excluding carboxylic acids is 1. The summed E-state index contributed by atoms with van der Waals surface area (Å²) in [6, 6.07) is 5.72. The predicted octanol–water partition coefficient (Wildman–Crippen LogP) is 3.12. The number of hydrogen-bond acceptors (Lipinski definition) is 3. The maximum Gasteiger partial charge on any atom is 0.271 e. The molecule has 1 aromatic carbocycles. The Morgan fingerprint density at radius 1 is 1.40 bits per heavy atom. The van der Waals surface area contributed by atoms with E-state index in [1.165, 1.54) is 0 Å². The number of carbonyl (C=O) groups is 1. The van der Waals surface area contributed by atoms with Gasteiger partial charge in [0.05, 0.1) is 22.6 Å². The first kappa shape index (κ1) is 14.4. The number of aromatic amines is 1. The van der Waals surface area contributed by atoms with Crippen molar-refractivity contribution in [3.8, 4) is 0 Å². The van der Waals surface area contributed by atoms with Crippen molar-refractivity contribution < 1.29 is 4.79 Å². The standard InChI is InChI=1S/C14H17ClN4O/c1-3-9-6-5-7-10(15)12(9)18-11-8-17-19-13(11)14(20)16-4-2/h5-8,18H,3-4H2,1-2H3,(H,16,20)(H,17,19). The first-order valence-electron chi connectivity index (χ1n) is 6.53. The van der Waals surface area contributed by atoms with Crippen LogP contribution < -0.4 is 10.6 Å². The quantitative estimate of drug-likeness (QED) is 0.793. The largest absolute Gasteiger partial charge is 0.351 e. The van der Waals surface area contributed by atoms with E-state index in [0.717, 1.165) is 17.7 Å². The minimum absolute atomic E-state index is 0.197. The molecule has 0 aliphatic rings. The molecule has 106 valence electrons. The van der Waals surface area contributed by atoms with Crippen molar-refractivity contribution in [2.45, 2.75) is 20.3 Å². The Kier molecular flexibility index (Phi) is 4.63. The predicted molar refractivity (Wildman–Crippen MR) is 80.7 cm³/mol. The van der Waals surface area contributed by atoms with Crippen LogP contribution in [0.1, 0.15) is 29.9 Å². The van der Waals surface area contributed by atoms with Crippen LogP contribution in [-0.4, -0.2) is 22.6 Å². The van der Waals surface area contributed by atoms with Crippen molar-refractivity contribution >= 4 is 28.9 Å². The summed E-state index contributed by atoms with van der Waals surface area (Å²) in [6.45, 7) is 4.48. The lowest BCUT2D eigenvalue weighted by atomic mass is 10.1. The SMILES string of the molecule is CCNC(=O)c1[nH]ncc1Nc1c(Cl)cccc1CC. The lowest BCUT2D eigenvalue weighted by Crippen LogP contribution is -2.23. The molecule has 0 saturated heterocycles. The number of benzene rings is 1. The molecule has 5 nitrogen and oxygen atoms in total. The number of para-hydroxylation sites is 1. The molecule has 0 aliphatic heterocycles. The van der Waals surface area contributed by atoms with Crippen LogP contribution >= 0.6 is 11.6 Å². The topological polar surface area (TPSA) is 69.8 Å². The van der Waals surface area contributed by atoms with Gasteiger partial charge in [0.15, 0.2) is 0 Å². The smallest absolute Gasteiger partial charge is 0.271 e. The van der Waals surface area contributed by atoms with Crippen LogP contribution in [-0.2, 0) is 6.42 Å². The summed E-state index contributed by atoms with van der Waals surface area (Å²) in [5.41, 5.74) is 2.90. The van der Waals surface area contributed by atoms with Crippen LogP contribution in [0.3, 0.4) is 0 Å². The molecule has 1 aromatic heterocycles. The van der Waals surface area contributed by atoms with Gasteiger partial charge in [0.1, 0.15) is 5.69 Å². The van der Waals surface area contributed by atoms with Gasteiger partial charge in [0.25, 0.3) is 5.91 Å². The third kappa shape index (κ3) is 2.93. The molecule has 1 amide bonds. The highest BCUT2D eigenvalue weighted by Gasteiger charge is 2.15. The number of H-pyrrole nitrogens is 1. The molecule has 0 aliphatic carbocycles. The van der Waals surface area contributed by atoms with Gasteiger partial charge in [-0.3, -0.25) is 9.89 Å². The number of amides is 1. The molecule has 3 N–H and O–H groups in total. The molecular weight excluding hydrogens is 276 g/mol. The number of nitrogens with one attached hydrogen (secondary N) is 3. The van der Waals surface area contributed by atoms with Gasteiger partial charge in [0.2, 0.25) is 0 Å². The van der Waals surface area contributed by atoms with Gasteiger partial charge in [-0.05, 0) is 25.0 Å². The van der Waals surface area contributed by atoms with Crippen molar-refractivity contribution in [1.29, 1.82) is 0 Å². The van der Waals surface area contributed by atoms with Crippen molar-refractivity contribution in [1.82, 2.24) is 15.5 Å². The molecule has 0 atom stereocenters. The van der Waals surface area contributed by atoms with Crippen molar-refractivity contribution in [3.05, 3.63) is 40.7 Å². The number of aryl methyl sites for hydroxylation is 1. The van der Waals surface area contributed by atoms with Crippen molar-refractivity contribution in [3.63, 3.8) is 0 Å². The first-order chi connectivity index (χ1) is 9.67. The van der Waals surface area contributed by atoms with E-state index in [2.05, 4.69) is 27.8 Å². The summed E-state index contributed by atoms with van der Waals surface area (Å²) in [6.07, 6.45) is 2.42. The van der Waals surface area contributed by atoms with Gasteiger partial charge in [-0.2, -0.15) is 5.10 Å². The normalized spacial score (nSPS) is 10.3. The Morgan fingerprint density at radius 2 is 2.20 bits per heavy atom. The van der Waals surface area contributed by atoms with Gasteiger partial charge in [-0.1, -0.05) is 30.7 Å². The lowest BCUT2D eigenvalue weighted by Gasteiger charge is -2.12. The zero-order valence-electron chi connectivity index (χ0n) is 11.5. The average molecular weight is 293 g/mol. The van der Waals surface area contributed by atoms with E-state index in [4.69, 9.17) is 11.6 Å². The number of nitrogens with zero attached hydrogens (tertiary/aromatic N) is 1. The molecule has 0 saturated carbocycles. The highest BCUT2D eigenvalue weighted by atomic mass is 35.5. The zero-order valence-corrected chi connectivity index (χ0v) is 12.2. The summed E-state index contributed by atoms with van der Waals surface area (Å²) in [5.74, 6) is -0.197. The zero-order chi connectivity index (χ0) is 14.5. The van der Waals surface area contributed by atoms with Crippen molar-refractivity contribution in [2.75, 3.05) is 11.9 Å². The van der Waals surface area contributed by atoms with E-state index in [-0.39, 0.29) is 5.91 Å². The van der Waals surface area contributed by atoms with E-state index in [0.29, 0.717) is 22.9 Å². The number of hydrogen-bond donors (Lipinski definition) is 3. The summed E-state index contributed by atoms with van der Waals surface area (Å²) in [5, 5.41) is 13.2. The molecular formula is C14H17ClN4O. The summed E-state index contributed by atoms with van der Waals surface area (Å²) < 4.78 is 0. The minimum Gasteiger partial charge on any atom is -0.351 e. The van der Waals surface area contributed by atoms with Crippen molar-refractivity contribution in [2.24, 2.45) is 0 Å². The molecule has 2 rings (SSSR count). The third-order valence-electron chi connectivity index (χ3n) is 2.94. The second-order valence-electron chi connectivity index (χ2n) is 4.27. The highest BCUT2D eigenvalue weighted by Crippen LogP contribution is 2.30. The van der Waals surface area contributed by atoms with E-state index in [1.54, 1.807) is 6.20 Å². The van der Waals surface area contributed by atoms with Gasteiger partial charge in [-0.15, -0.1) is 0 Å². The van der Waals surface area contributed by atoms with Crippen LogP contribution in [0.5, 0.6) is 0 Å². The average Bonchev–Trinajstić information content (AvgIpc) is 2.89. The van der Waals surface area contributed by atoms with E-state index < -0.39 is 0 Å². The van der Waals surface area contributed by atoms with E-state index in [1.807, 2.05) is 25.1 Å². The fourth-order valence-electron chi connectivity index (χ4n) is 1.94. The van der Waals surface area contributed by atoms with Crippen LogP contribution in [0.4, 0.5) is 11.4 Å². The van der Waals surface area contributed by atoms with Gasteiger partial charge < -0.3 is 10.6 Å². The Labute approximate surface area is 122 Å². The molecule has 2 aromatic rings. The van der Waals surface area contributed by atoms with Gasteiger partial charge in [-0.25, -0.2) is 0 Å².